The molecule has 1 aliphatic heterocycles. The van der Waals surface area contributed by atoms with Gasteiger partial charge in [-0.25, -0.2) is 5.06 Å². The Morgan fingerprint density at radius 3 is 2.60 bits per heavy atom. The molecule has 3 nitrogen and oxygen atoms in total. The first-order chi connectivity index (χ1) is 4.33. The average molecular weight is 209 g/mol. The molecule has 4 heteroatoms. The maximum absolute atomic E-state index is 5.18. The lowest BCUT2D eigenvalue weighted by Gasteiger charge is -2.15. The molecule has 1 rings (SSSR count). The Morgan fingerprint density at radius 2 is 2.20 bits per heavy atom. The summed E-state index contributed by atoms with van der Waals surface area (Å²) in [6, 6.07) is 0. The molecule has 60 valence electrons. The van der Waals surface area contributed by atoms with Gasteiger partial charge in [0, 0.05) is 19.4 Å². The summed E-state index contributed by atoms with van der Waals surface area (Å²) in [7, 11) is 2.01. The molecule has 0 fully saturated rings. The maximum Gasteiger partial charge on any atom is 0.115 e. The summed E-state index contributed by atoms with van der Waals surface area (Å²) < 4.78 is 0. The van der Waals surface area contributed by atoms with Crippen molar-refractivity contribution in [2.45, 2.75) is 6.92 Å². The van der Waals surface area contributed by atoms with Crippen LogP contribution in [0.15, 0.2) is 12.4 Å². The van der Waals surface area contributed by atoms with Gasteiger partial charge < -0.3 is 4.90 Å². The van der Waals surface area contributed by atoms with E-state index >= 15 is 0 Å². The smallest absolute Gasteiger partial charge is 0.115 e. The second kappa shape index (κ2) is 4.57. The number of hydroxylamine groups is 2. The Labute approximate surface area is 72.0 Å². The fourth-order valence-corrected chi connectivity index (χ4v) is 0.752. The topological polar surface area (TPSA) is 15.7 Å². The normalized spacial score (nSPS) is 15.8. The summed E-state index contributed by atoms with van der Waals surface area (Å²) in [6.07, 6.45) is 3.90. The summed E-state index contributed by atoms with van der Waals surface area (Å²) in [5, 5.41) is 1.81. The largest absolute Gasteiger partial charge is 0.360 e. The predicted molar refractivity (Wildman–Crippen MR) is 45.6 cm³/mol. The SMILES string of the molecule is Br.CCON1C=CN(C)C1. The molecule has 0 spiro atoms. The molecular weight excluding hydrogens is 196 g/mol. The summed E-state index contributed by atoms with van der Waals surface area (Å²) in [6.45, 7) is 3.55. The van der Waals surface area contributed by atoms with E-state index in [1.165, 1.54) is 0 Å². The van der Waals surface area contributed by atoms with E-state index in [0.717, 1.165) is 13.3 Å². The molecule has 0 saturated carbocycles. The van der Waals surface area contributed by atoms with Gasteiger partial charge in [-0.05, 0) is 6.92 Å². The Bertz CT molecular complexity index is 118. The maximum atomic E-state index is 5.18. The number of halogens is 1. The van der Waals surface area contributed by atoms with Crippen LogP contribution in [0.25, 0.3) is 0 Å². The molecule has 0 aromatic carbocycles. The van der Waals surface area contributed by atoms with Gasteiger partial charge in [0.25, 0.3) is 0 Å². The van der Waals surface area contributed by atoms with Gasteiger partial charge >= 0.3 is 0 Å². The molecule has 10 heavy (non-hydrogen) atoms. The molecule has 0 aromatic heterocycles. The van der Waals surface area contributed by atoms with Gasteiger partial charge in [-0.1, -0.05) is 0 Å². The molecule has 0 saturated heterocycles. The van der Waals surface area contributed by atoms with Crippen LogP contribution in [0.1, 0.15) is 6.92 Å². The number of hydrogen-bond donors (Lipinski definition) is 0. The predicted octanol–water partition coefficient (Wildman–Crippen LogP) is 1.19. The lowest BCUT2D eigenvalue weighted by molar-refractivity contribution is -0.121. The number of hydrogen-bond acceptors (Lipinski definition) is 3. The summed E-state index contributed by atoms with van der Waals surface area (Å²) in [4.78, 5) is 7.23. The van der Waals surface area contributed by atoms with Crippen LogP contribution in [0.4, 0.5) is 0 Å². The molecule has 0 N–H and O–H groups in total. The van der Waals surface area contributed by atoms with Gasteiger partial charge in [-0.15, -0.1) is 17.0 Å². The van der Waals surface area contributed by atoms with E-state index in [1.54, 1.807) is 5.06 Å². The van der Waals surface area contributed by atoms with Crippen molar-refractivity contribution in [1.29, 1.82) is 0 Å². The van der Waals surface area contributed by atoms with E-state index in [0.29, 0.717) is 0 Å². The second-order valence-electron chi connectivity index (χ2n) is 2.03. The van der Waals surface area contributed by atoms with Crippen LogP contribution in [0, 0.1) is 0 Å². The molecule has 0 radical (unpaired) electrons. The van der Waals surface area contributed by atoms with E-state index in [9.17, 15) is 0 Å². The minimum atomic E-state index is 0. The zero-order valence-electron chi connectivity index (χ0n) is 6.28. The molecule has 0 amide bonds. The summed E-state index contributed by atoms with van der Waals surface area (Å²) in [5.41, 5.74) is 0. The van der Waals surface area contributed by atoms with Crippen molar-refractivity contribution in [2.24, 2.45) is 0 Å². The molecule has 1 aliphatic rings. The first-order valence-corrected chi connectivity index (χ1v) is 3.11. The van der Waals surface area contributed by atoms with Crippen molar-refractivity contribution in [3.05, 3.63) is 12.4 Å². The minimum Gasteiger partial charge on any atom is -0.360 e. The quantitative estimate of drug-likeness (QED) is 0.679. The molecule has 0 aliphatic carbocycles. The zero-order chi connectivity index (χ0) is 6.69. The number of rotatable bonds is 2. The van der Waals surface area contributed by atoms with Gasteiger partial charge in [0.1, 0.15) is 6.67 Å². The fourth-order valence-electron chi connectivity index (χ4n) is 0.752. The van der Waals surface area contributed by atoms with Crippen LogP contribution in [-0.4, -0.2) is 30.3 Å². The highest BCUT2D eigenvalue weighted by molar-refractivity contribution is 8.93. The van der Waals surface area contributed by atoms with Crippen molar-refractivity contribution in [1.82, 2.24) is 9.96 Å². The third-order valence-electron chi connectivity index (χ3n) is 1.14. The van der Waals surface area contributed by atoms with Crippen molar-refractivity contribution in [3.63, 3.8) is 0 Å². The Hall–Kier alpha value is -0.220. The highest BCUT2D eigenvalue weighted by Gasteiger charge is 2.06. The van der Waals surface area contributed by atoms with Gasteiger partial charge in [0.15, 0.2) is 0 Å². The molecular formula is C6H13BrN2O. The highest BCUT2D eigenvalue weighted by Crippen LogP contribution is 2.02. The van der Waals surface area contributed by atoms with Gasteiger partial charge in [-0.2, -0.15) is 0 Å². The minimum absolute atomic E-state index is 0. The first kappa shape index (κ1) is 9.78. The fraction of sp³-hybridized carbons (Fsp3) is 0.667. The molecule has 0 bridgehead atoms. The lowest BCUT2D eigenvalue weighted by atomic mass is 10.9. The average Bonchev–Trinajstić information content (AvgIpc) is 2.17. The highest BCUT2D eigenvalue weighted by atomic mass is 79.9. The Kier molecular flexibility index (Phi) is 4.47. The summed E-state index contributed by atoms with van der Waals surface area (Å²) in [5.74, 6) is 0. The molecule has 1 heterocycles. The third-order valence-corrected chi connectivity index (χ3v) is 1.14. The Morgan fingerprint density at radius 1 is 1.50 bits per heavy atom. The van der Waals surface area contributed by atoms with Crippen molar-refractivity contribution >= 4 is 17.0 Å². The monoisotopic (exact) mass is 208 g/mol. The second-order valence-corrected chi connectivity index (χ2v) is 2.03. The molecule has 0 atom stereocenters. The standard InChI is InChI=1S/C6H12N2O.BrH/c1-3-9-8-5-4-7(2)6-8;/h4-5H,3,6H2,1-2H3;1H. The zero-order valence-corrected chi connectivity index (χ0v) is 7.99. The van der Waals surface area contributed by atoms with Crippen molar-refractivity contribution in [2.75, 3.05) is 20.3 Å². The van der Waals surface area contributed by atoms with Crippen LogP contribution in [0.5, 0.6) is 0 Å². The van der Waals surface area contributed by atoms with E-state index in [1.807, 2.05) is 26.4 Å². The van der Waals surface area contributed by atoms with E-state index in [-0.39, 0.29) is 17.0 Å². The lowest BCUT2D eigenvalue weighted by Crippen LogP contribution is -2.22. The van der Waals surface area contributed by atoms with Gasteiger partial charge in [0.05, 0.1) is 6.61 Å². The van der Waals surface area contributed by atoms with Crippen molar-refractivity contribution < 1.29 is 4.84 Å². The van der Waals surface area contributed by atoms with Crippen LogP contribution in [0.2, 0.25) is 0 Å². The van der Waals surface area contributed by atoms with Crippen LogP contribution in [-0.2, 0) is 4.84 Å². The van der Waals surface area contributed by atoms with Gasteiger partial charge in [-0.3, -0.25) is 4.84 Å². The third kappa shape index (κ3) is 2.58. The van der Waals surface area contributed by atoms with Crippen LogP contribution in [0.3, 0.4) is 0 Å². The molecule has 0 aromatic rings. The van der Waals surface area contributed by atoms with Crippen LogP contribution < -0.4 is 0 Å². The van der Waals surface area contributed by atoms with Crippen LogP contribution >= 0.6 is 17.0 Å². The van der Waals surface area contributed by atoms with Crippen molar-refractivity contribution in [3.8, 4) is 0 Å². The van der Waals surface area contributed by atoms with E-state index in [4.69, 9.17) is 4.84 Å². The van der Waals surface area contributed by atoms with E-state index < -0.39 is 0 Å². The van der Waals surface area contributed by atoms with E-state index in [2.05, 4.69) is 4.90 Å². The van der Waals surface area contributed by atoms with Gasteiger partial charge in [0.2, 0.25) is 0 Å². The number of nitrogens with zero attached hydrogens (tertiary/aromatic N) is 2. The first-order valence-electron chi connectivity index (χ1n) is 3.11. The Balaban J connectivity index is 0.000000810. The summed E-state index contributed by atoms with van der Waals surface area (Å²) >= 11 is 0. The molecule has 0 unspecified atom stereocenters.